The van der Waals surface area contributed by atoms with Crippen LogP contribution in [0.1, 0.15) is 5.56 Å². The number of rotatable bonds is 3. The van der Waals surface area contributed by atoms with Gasteiger partial charge >= 0.3 is 5.97 Å². The van der Waals surface area contributed by atoms with Crippen LogP contribution in [0.15, 0.2) is 60.7 Å². The predicted molar refractivity (Wildman–Crippen MR) is 89.9 cm³/mol. The first-order valence-electron chi connectivity index (χ1n) is 6.83. The fourth-order valence-electron chi connectivity index (χ4n) is 1.63. The Hall–Kier alpha value is -3.26. The van der Waals surface area contributed by atoms with Gasteiger partial charge in [-0.1, -0.05) is 42.3 Å². The van der Waals surface area contributed by atoms with E-state index in [0.717, 1.165) is 11.3 Å². The summed E-state index contributed by atoms with van der Waals surface area (Å²) in [5, 5.41) is 8.50. The molecule has 0 aliphatic carbocycles. The normalized spacial score (nSPS) is 8.74. The zero-order valence-corrected chi connectivity index (χ0v) is 12.8. The molecule has 0 fully saturated rings. The van der Waals surface area contributed by atoms with Crippen molar-refractivity contribution >= 4 is 17.6 Å². The number of aliphatic carboxylic acids is 1. The van der Waals surface area contributed by atoms with Gasteiger partial charge in [-0.2, -0.15) is 0 Å². The Bertz CT molecular complexity index is 688. The van der Waals surface area contributed by atoms with Crippen molar-refractivity contribution in [1.82, 2.24) is 0 Å². The number of nitrogens with zero attached hydrogens (tertiary/aromatic N) is 1. The van der Waals surface area contributed by atoms with Crippen molar-refractivity contribution in [3.63, 3.8) is 0 Å². The number of carbonyl (C=O) groups excluding carboxylic acids is 1. The van der Waals surface area contributed by atoms with E-state index in [-0.39, 0.29) is 6.54 Å². The maximum atomic E-state index is 10.3. The molecular weight excluding hydrogens is 292 g/mol. The first-order chi connectivity index (χ1) is 11.0. The molecule has 0 atom stereocenters. The summed E-state index contributed by atoms with van der Waals surface area (Å²) in [6.07, 6.45) is 0. The molecule has 0 aliphatic rings. The minimum Gasteiger partial charge on any atom is -0.480 e. The fraction of sp³-hybridized carbons (Fsp3) is 0.111. The molecule has 0 spiro atoms. The maximum absolute atomic E-state index is 10.3. The summed E-state index contributed by atoms with van der Waals surface area (Å²) in [5.41, 5.74) is 6.54. The third-order valence-corrected chi connectivity index (χ3v) is 2.67. The first-order valence-corrected chi connectivity index (χ1v) is 6.83. The van der Waals surface area contributed by atoms with Crippen LogP contribution in [0.25, 0.3) is 0 Å². The van der Waals surface area contributed by atoms with Gasteiger partial charge < -0.3 is 15.7 Å². The zero-order chi connectivity index (χ0) is 17.1. The number of carboxylic acid groups (broad SMARTS) is 1. The summed E-state index contributed by atoms with van der Waals surface area (Å²) in [4.78, 5) is 22.2. The number of hydrogen-bond donors (Lipinski definition) is 2. The Morgan fingerprint density at radius 2 is 1.57 bits per heavy atom. The number of benzene rings is 2. The van der Waals surface area contributed by atoms with Gasteiger partial charge in [0.15, 0.2) is 0 Å². The van der Waals surface area contributed by atoms with Gasteiger partial charge in [-0.3, -0.25) is 9.59 Å². The molecule has 0 aliphatic heterocycles. The summed E-state index contributed by atoms with van der Waals surface area (Å²) in [6.45, 7) is 0.0318. The molecule has 0 saturated heterocycles. The lowest BCUT2D eigenvalue weighted by Crippen LogP contribution is -2.24. The lowest BCUT2D eigenvalue weighted by atomic mass is 10.2. The standard InChI is InChI=1S/C9H11NO2.C9H7NO/c1-10(7-9(11)12)8-5-3-2-4-6-8;10-9(11)7-6-8-4-2-1-3-5-8/h2-6H,7H2,1H3,(H,11,12);1-5H,(H2,10,11). The Labute approximate surface area is 135 Å². The molecule has 0 radical (unpaired) electrons. The monoisotopic (exact) mass is 310 g/mol. The molecule has 2 aromatic rings. The van der Waals surface area contributed by atoms with E-state index in [2.05, 4.69) is 11.8 Å². The number of anilines is 1. The van der Waals surface area contributed by atoms with Gasteiger partial charge in [-0.25, -0.2) is 0 Å². The van der Waals surface area contributed by atoms with E-state index in [4.69, 9.17) is 10.8 Å². The maximum Gasteiger partial charge on any atom is 0.323 e. The predicted octanol–water partition coefficient (Wildman–Crippen LogP) is 1.73. The summed E-state index contributed by atoms with van der Waals surface area (Å²) in [5.74, 6) is 3.45. The molecule has 2 rings (SSSR count). The van der Waals surface area contributed by atoms with Crippen LogP contribution < -0.4 is 10.6 Å². The molecule has 0 bridgehead atoms. The van der Waals surface area contributed by atoms with E-state index in [1.54, 1.807) is 11.9 Å². The molecule has 0 heterocycles. The number of carboxylic acids is 1. The van der Waals surface area contributed by atoms with Gasteiger partial charge in [0.05, 0.1) is 0 Å². The average molecular weight is 310 g/mol. The number of amides is 1. The lowest BCUT2D eigenvalue weighted by molar-refractivity contribution is -0.135. The number of nitrogens with two attached hydrogens (primary N) is 1. The summed E-state index contributed by atoms with van der Waals surface area (Å²) >= 11 is 0. The van der Waals surface area contributed by atoms with Crippen LogP contribution in [0, 0.1) is 11.8 Å². The van der Waals surface area contributed by atoms with Crippen molar-refractivity contribution in [1.29, 1.82) is 0 Å². The number of primary amides is 1. The smallest absolute Gasteiger partial charge is 0.323 e. The number of likely N-dealkylation sites (N-methyl/N-ethyl adjacent to an activating group) is 1. The summed E-state index contributed by atoms with van der Waals surface area (Å²) in [6, 6.07) is 18.6. The molecule has 0 unspecified atom stereocenters. The highest BCUT2D eigenvalue weighted by Crippen LogP contribution is 2.09. The van der Waals surface area contributed by atoms with E-state index in [1.165, 1.54) is 0 Å². The van der Waals surface area contributed by atoms with E-state index >= 15 is 0 Å². The Morgan fingerprint density at radius 1 is 1.04 bits per heavy atom. The average Bonchev–Trinajstić information content (AvgIpc) is 2.55. The van der Waals surface area contributed by atoms with E-state index in [1.807, 2.05) is 60.7 Å². The van der Waals surface area contributed by atoms with Gasteiger partial charge in [0.2, 0.25) is 0 Å². The fourth-order valence-corrected chi connectivity index (χ4v) is 1.63. The number of para-hydroxylation sites is 1. The molecule has 0 saturated carbocycles. The molecule has 0 aromatic heterocycles. The second-order valence-electron chi connectivity index (χ2n) is 4.57. The van der Waals surface area contributed by atoms with Crippen LogP contribution in [-0.2, 0) is 9.59 Å². The summed E-state index contributed by atoms with van der Waals surface area (Å²) < 4.78 is 0. The molecule has 118 valence electrons. The van der Waals surface area contributed by atoms with E-state index in [9.17, 15) is 9.59 Å². The molecule has 5 nitrogen and oxygen atoms in total. The van der Waals surface area contributed by atoms with Crippen LogP contribution in [0.2, 0.25) is 0 Å². The SMILES string of the molecule is CN(CC(=O)O)c1ccccc1.NC(=O)C#Cc1ccccc1. The van der Waals surface area contributed by atoms with Crippen molar-refractivity contribution in [2.24, 2.45) is 5.73 Å². The Balaban J connectivity index is 0.000000231. The topological polar surface area (TPSA) is 83.6 Å². The molecule has 23 heavy (non-hydrogen) atoms. The molecule has 5 heteroatoms. The van der Waals surface area contributed by atoms with E-state index < -0.39 is 11.9 Å². The van der Waals surface area contributed by atoms with Crippen molar-refractivity contribution < 1.29 is 14.7 Å². The van der Waals surface area contributed by atoms with Crippen molar-refractivity contribution in [2.75, 3.05) is 18.5 Å². The first kappa shape index (κ1) is 17.8. The van der Waals surface area contributed by atoms with Crippen LogP contribution >= 0.6 is 0 Å². The largest absolute Gasteiger partial charge is 0.480 e. The second-order valence-corrected chi connectivity index (χ2v) is 4.57. The molecule has 1 amide bonds. The van der Waals surface area contributed by atoms with Crippen molar-refractivity contribution in [2.45, 2.75) is 0 Å². The molecule has 3 N–H and O–H groups in total. The van der Waals surface area contributed by atoms with Crippen LogP contribution in [0.4, 0.5) is 5.69 Å². The quantitative estimate of drug-likeness (QED) is 0.846. The zero-order valence-electron chi connectivity index (χ0n) is 12.8. The highest BCUT2D eigenvalue weighted by atomic mass is 16.4. The van der Waals surface area contributed by atoms with Crippen molar-refractivity contribution in [3.8, 4) is 11.8 Å². The molecule has 2 aromatic carbocycles. The van der Waals surface area contributed by atoms with Gasteiger partial charge in [0.1, 0.15) is 6.54 Å². The highest BCUT2D eigenvalue weighted by Gasteiger charge is 2.03. The second kappa shape index (κ2) is 9.64. The van der Waals surface area contributed by atoms with Gasteiger partial charge in [-0.05, 0) is 30.2 Å². The Morgan fingerprint density at radius 3 is 2.04 bits per heavy atom. The third-order valence-electron chi connectivity index (χ3n) is 2.67. The van der Waals surface area contributed by atoms with E-state index in [0.29, 0.717) is 0 Å². The lowest BCUT2D eigenvalue weighted by Gasteiger charge is -2.15. The summed E-state index contributed by atoms with van der Waals surface area (Å²) in [7, 11) is 1.75. The van der Waals surface area contributed by atoms with Gasteiger partial charge in [-0.15, -0.1) is 0 Å². The number of hydrogen-bond acceptors (Lipinski definition) is 3. The third kappa shape index (κ3) is 7.93. The Kier molecular flexibility index (Phi) is 7.45. The minimum atomic E-state index is -0.818. The van der Waals surface area contributed by atoms with Crippen molar-refractivity contribution in [3.05, 3.63) is 66.2 Å². The van der Waals surface area contributed by atoms with Crippen LogP contribution in [-0.4, -0.2) is 30.6 Å². The minimum absolute atomic E-state index is 0.0318. The van der Waals surface area contributed by atoms with Gasteiger partial charge in [0, 0.05) is 18.3 Å². The van der Waals surface area contributed by atoms with Gasteiger partial charge in [0.25, 0.3) is 5.91 Å². The van der Waals surface area contributed by atoms with Crippen LogP contribution in [0.3, 0.4) is 0 Å². The molecular formula is C18H18N2O3. The number of carbonyl (C=O) groups is 2. The highest BCUT2D eigenvalue weighted by molar-refractivity contribution is 5.92. The van der Waals surface area contributed by atoms with Crippen LogP contribution in [0.5, 0.6) is 0 Å².